The number of fused-ring (bicyclic) bond motifs is 1. The molecule has 2 aromatic rings. The molecular formula is C18H22ClN3O5S. The van der Waals surface area contributed by atoms with Gasteiger partial charge in [-0.05, 0) is 31.0 Å². The van der Waals surface area contributed by atoms with Crippen molar-refractivity contribution in [3.63, 3.8) is 0 Å². The number of halogens is 1. The van der Waals surface area contributed by atoms with E-state index in [4.69, 9.17) is 16.7 Å². The third-order valence-electron chi connectivity index (χ3n) is 3.91. The average Bonchev–Trinajstić information content (AvgIpc) is 2.94. The Labute approximate surface area is 167 Å². The van der Waals surface area contributed by atoms with Gasteiger partial charge in [0, 0.05) is 35.3 Å². The van der Waals surface area contributed by atoms with Crippen LogP contribution in [0, 0.1) is 0 Å². The zero-order chi connectivity index (χ0) is 20.9. The number of phenolic OH excluding ortho intramolecular Hbond substituents is 1. The van der Waals surface area contributed by atoms with Crippen LogP contribution in [0.3, 0.4) is 0 Å². The number of aliphatic carboxylic acids is 1. The highest BCUT2D eigenvalue weighted by atomic mass is 35.5. The van der Waals surface area contributed by atoms with Gasteiger partial charge in [-0.3, -0.25) is 9.79 Å². The number of rotatable bonds is 8. The van der Waals surface area contributed by atoms with Crippen molar-refractivity contribution in [2.75, 3.05) is 12.8 Å². The minimum atomic E-state index is -3.35. The van der Waals surface area contributed by atoms with Gasteiger partial charge in [-0.15, -0.1) is 0 Å². The van der Waals surface area contributed by atoms with Crippen molar-refractivity contribution >= 4 is 44.1 Å². The molecule has 0 aliphatic heterocycles. The molecule has 0 saturated carbocycles. The lowest BCUT2D eigenvalue weighted by atomic mass is 10.1. The predicted octanol–water partition coefficient (Wildman–Crippen LogP) is 2.48. The Morgan fingerprint density at radius 2 is 2.14 bits per heavy atom. The first-order valence-electron chi connectivity index (χ1n) is 8.41. The number of aromatic nitrogens is 1. The Bertz CT molecular complexity index is 1030. The number of carboxylic acids is 1. The van der Waals surface area contributed by atoms with Crippen LogP contribution in [0.15, 0.2) is 34.8 Å². The molecule has 1 aromatic heterocycles. The third-order valence-corrected chi connectivity index (χ3v) is 4.87. The molecule has 0 amide bonds. The molecule has 0 aliphatic carbocycles. The van der Waals surface area contributed by atoms with E-state index < -0.39 is 21.8 Å². The lowest BCUT2D eigenvalue weighted by Gasteiger charge is -2.14. The van der Waals surface area contributed by atoms with E-state index in [9.17, 15) is 18.3 Å². The number of nitrogens with one attached hydrogen (secondary N) is 2. The van der Waals surface area contributed by atoms with E-state index >= 15 is 0 Å². The van der Waals surface area contributed by atoms with Crippen molar-refractivity contribution in [2.45, 2.75) is 25.8 Å². The van der Waals surface area contributed by atoms with Crippen molar-refractivity contribution in [3.05, 3.63) is 40.4 Å². The summed E-state index contributed by atoms with van der Waals surface area (Å²) < 4.78 is 22.5. The maximum atomic E-state index is 11.2. The van der Waals surface area contributed by atoms with Crippen molar-refractivity contribution < 1.29 is 23.4 Å². The second-order valence-electron chi connectivity index (χ2n) is 6.39. The Morgan fingerprint density at radius 3 is 2.79 bits per heavy atom. The Kier molecular flexibility index (Phi) is 7.09. The Morgan fingerprint density at radius 1 is 1.43 bits per heavy atom. The summed E-state index contributed by atoms with van der Waals surface area (Å²) >= 11 is 5.90. The average molecular weight is 428 g/mol. The molecule has 0 fully saturated rings. The lowest BCUT2D eigenvalue weighted by molar-refractivity contribution is -0.137. The van der Waals surface area contributed by atoms with Gasteiger partial charge in [-0.2, -0.15) is 0 Å². The summed E-state index contributed by atoms with van der Waals surface area (Å²) in [7, 11) is -3.35. The van der Waals surface area contributed by atoms with E-state index in [1.54, 1.807) is 19.1 Å². The first-order chi connectivity index (χ1) is 13.0. The molecule has 1 heterocycles. The molecule has 1 atom stereocenters. The molecule has 0 spiro atoms. The van der Waals surface area contributed by atoms with E-state index in [0.29, 0.717) is 18.8 Å². The summed E-state index contributed by atoms with van der Waals surface area (Å²) in [6, 6.07) is 2.55. The van der Waals surface area contributed by atoms with E-state index in [1.807, 2.05) is 6.20 Å². The van der Waals surface area contributed by atoms with Gasteiger partial charge in [-0.1, -0.05) is 17.7 Å². The minimum absolute atomic E-state index is 0.00513. The molecule has 4 N–H and O–H groups in total. The maximum absolute atomic E-state index is 11.2. The molecule has 1 unspecified atom stereocenters. The number of H-pyrrole nitrogens is 1. The number of benzene rings is 1. The molecule has 152 valence electrons. The Balaban J connectivity index is 2.03. The fraction of sp³-hybridized carbons (Fsp3) is 0.333. The van der Waals surface area contributed by atoms with Crippen LogP contribution in [-0.4, -0.2) is 54.3 Å². The van der Waals surface area contributed by atoms with Crippen LogP contribution < -0.4 is 5.32 Å². The zero-order valence-corrected chi connectivity index (χ0v) is 17.0. The summed E-state index contributed by atoms with van der Waals surface area (Å²) in [5.41, 5.74) is 1.77. The fourth-order valence-corrected chi connectivity index (χ4v) is 3.29. The van der Waals surface area contributed by atoms with Gasteiger partial charge in [0.25, 0.3) is 0 Å². The van der Waals surface area contributed by atoms with Crippen LogP contribution in [0.5, 0.6) is 5.75 Å². The van der Waals surface area contributed by atoms with Crippen LogP contribution in [0.4, 0.5) is 0 Å². The number of sulfone groups is 1. The minimum Gasteiger partial charge on any atom is -0.506 e. The third kappa shape index (κ3) is 6.58. The molecular weight excluding hydrogens is 406 g/mol. The van der Waals surface area contributed by atoms with E-state index in [2.05, 4.69) is 15.3 Å². The van der Waals surface area contributed by atoms with E-state index in [0.717, 1.165) is 28.1 Å². The first kappa shape index (κ1) is 21.8. The molecule has 1 aromatic carbocycles. The zero-order valence-electron chi connectivity index (χ0n) is 15.4. The number of carbonyl (C=O) groups is 1. The molecule has 10 heteroatoms. The molecule has 0 aliphatic rings. The van der Waals surface area contributed by atoms with Gasteiger partial charge in [0.05, 0.1) is 23.3 Å². The quantitative estimate of drug-likeness (QED) is 0.378. The molecule has 0 bridgehead atoms. The number of nitrogens with zero attached hydrogens (tertiary/aromatic N) is 1. The first-order valence-corrected chi connectivity index (χ1v) is 10.7. The number of aromatic amines is 1. The molecule has 2 rings (SSSR count). The summed E-state index contributed by atoms with van der Waals surface area (Å²) in [5.74, 6) is -0.554. The van der Waals surface area contributed by atoms with E-state index in [1.165, 1.54) is 6.08 Å². The van der Waals surface area contributed by atoms with Crippen LogP contribution in [0.1, 0.15) is 18.9 Å². The number of carboxylic acid groups (broad SMARTS) is 1. The number of amidine groups is 1. The van der Waals surface area contributed by atoms with Crippen molar-refractivity contribution in [1.82, 2.24) is 10.3 Å². The van der Waals surface area contributed by atoms with Crippen LogP contribution in [-0.2, 0) is 21.1 Å². The second kappa shape index (κ2) is 9.11. The molecule has 0 saturated heterocycles. The normalized spacial score (nSPS) is 13.9. The lowest BCUT2D eigenvalue weighted by Crippen LogP contribution is -2.34. The van der Waals surface area contributed by atoms with E-state index in [-0.39, 0.29) is 17.2 Å². The predicted molar refractivity (Wildman–Crippen MR) is 110 cm³/mol. The number of aromatic hydroxyl groups is 1. The van der Waals surface area contributed by atoms with Crippen molar-refractivity contribution in [1.29, 1.82) is 0 Å². The Hall–Kier alpha value is -2.52. The highest BCUT2D eigenvalue weighted by Crippen LogP contribution is 2.30. The highest BCUT2D eigenvalue weighted by molar-refractivity contribution is 7.93. The van der Waals surface area contributed by atoms with Gasteiger partial charge in [0.2, 0.25) is 0 Å². The summed E-state index contributed by atoms with van der Waals surface area (Å²) in [5, 5.41) is 23.7. The molecule has 8 nitrogen and oxygen atoms in total. The monoisotopic (exact) mass is 427 g/mol. The van der Waals surface area contributed by atoms with Gasteiger partial charge >= 0.3 is 5.97 Å². The van der Waals surface area contributed by atoms with Crippen LogP contribution in [0.25, 0.3) is 10.9 Å². The summed E-state index contributed by atoms with van der Waals surface area (Å²) in [6.45, 7) is 2.11. The maximum Gasteiger partial charge on any atom is 0.305 e. The summed E-state index contributed by atoms with van der Waals surface area (Å²) in [6.07, 6.45) is 4.47. The van der Waals surface area contributed by atoms with Gasteiger partial charge in [0.1, 0.15) is 5.75 Å². The largest absolute Gasteiger partial charge is 0.506 e. The number of hydrogen-bond acceptors (Lipinski definition) is 5. The topological polar surface area (TPSA) is 132 Å². The molecule has 0 radical (unpaired) electrons. The van der Waals surface area contributed by atoms with Gasteiger partial charge in [0.15, 0.2) is 9.84 Å². The number of hydrogen-bond donors (Lipinski definition) is 4. The second-order valence-corrected chi connectivity index (χ2v) is 8.73. The number of phenols is 1. The van der Waals surface area contributed by atoms with Crippen molar-refractivity contribution in [3.8, 4) is 5.75 Å². The summed E-state index contributed by atoms with van der Waals surface area (Å²) in [4.78, 5) is 18.4. The molecule has 28 heavy (non-hydrogen) atoms. The smallest absolute Gasteiger partial charge is 0.305 e. The fourth-order valence-electron chi connectivity index (χ4n) is 2.65. The van der Waals surface area contributed by atoms with Crippen LogP contribution >= 0.6 is 11.6 Å². The van der Waals surface area contributed by atoms with Gasteiger partial charge in [-0.25, -0.2) is 8.42 Å². The SMILES string of the molecule is CC(=NCCc1c[nH]c2cc(Cl)c(O)cc12)NC(/C=C/S(C)(=O)=O)CC(=O)O. The van der Waals surface area contributed by atoms with Crippen molar-refractivity contribution in [2.24, 2.45) is 4.99 Å². The highest BCUT2D eigenvalue weighted by Gasteiger charge is 2.12. The van der Waals surface area contributed by atoms with Crippen LogP contribution in [0.2, 0.25) is 5.02 Å². The standard InChI is InChI=1S/C18H22ClN3O5S/c1-11(22-13(7-18(24)25)4-6-28(2,26)27)20-5-3-12-10-21-16-9-15(19)17(23)8-14(12)16/h4,6,8-10,13,21,23H,3,5,7H2,1-2H3,(H,20,22)(H,24,25)/b6-4+. The number of aliphatic imine (C=N–C) groups is 1. The van der Waals surface area contributed by atoms with Gasteiger partial charge < -0.3 is 20.5 Å².